The summed E-state index contributed by atoms with van der Waals surface area (Å²) in [5.74, 6) is -0.803. The van der Waals surface area contributed by atoms with Crippen LogP contribution in [0.15, 0.2) is 41.1 Å². The summed E-state index contributed by atoms with van der Waals surface area (Å²) in [5, 5.41) is 3.46. The van der Waals surface area contributed by atoms with Crippen molar-refractivity contribution >= 4 is 22.6 Å². The second-order valence-corrected chi connectivity index (χ2v) is 5.40. The highest BCUT2D eigenvalue weighted by Crippen LogP contribution is 2.49. The summed E-state index contributed by atoms with van der Waals surface area (Å²) in [6, 6.07) is 6.04. The van der Waals surface area contributed by atoms with Crippen molar-refractivity contribution in [2.24, 2.45) is 0 Å². The van der Waals surface area contributed by atoms with Crippen LogP contribution in [0.25, 0.3) is 11.0 Å². The number of hydrogen-bond acceptors (Lipinski definition) is 5. The van der Waals surface area contributed by atoms with Crippen LogP contribution < -0.4 is 10.1 Å². The van der Waals surface area contributed by atoms with Crippen LogP contribution in [0, 0.1) is 5.82 Å². The molecule has 1 aromatic carbocycles. The Morgan fingerprint density at radius 2 is 2.23 bits per heavy atom. The molecule has 1 N–H and O–H groups in total. The topological polar surface area (TPSA) is 64.4 Å². The van der Waals surface area contributed by atoms with Gasteiger partial charge in [0, 0.05) is 23.0 Å². The van der Waals surface area contributed by atoms with Gasteiger partial charge < -0.3 is 14.5 Å². The zero-order valence-electron chi connectivity index (χ0n) is 11.2. The van der Waals surface area contributed by atoms with Gasteiger partial charge in [0.1, 0.15) is 17.4 Å². The number of pyridine rings is 1. The number of nitrogens with one attached hydrogen (secondary N) is 1. The second kappa shape index (κ2) is 3.85. The third-order valence-corrected chi connectivity index (χ3v) is 4.27. The van der Waals surface area contributed by atoms with Gasteiger partial charge >= 0.3 is 5.97 Å². The first kappa shape index (κ1) is 11.7. The molecule has 0 saturated carbocycles. The number of nitrogens with zero attached hydrogens (tertiary/aromatic N) is 1. The Hall–Kier alpha value is -2.89. The molecule has 3 aromatic rings. The van der Waals surface area contributed by atoms with Crippen molar-refractivity contribution in [1.29, 1.82) is 0 Å². The third-order valence-electron chi connectivity index (χ3n) is 4.27. The first-order valence-electron chi connectivity index (χ1n) is 6.87. The van der Waals surface area contributed by atoms with Crippen molar-refractivity contribution in [2.45, 2.75) is 12.0 Å². The molecule has 2 unspecified atom stereocenters. The average molecular weight is 296 g/mol. The highest BCUT2D eigenvalue weighted by atomic mass is 19.1. The van der Waals surface area contributed by atoms with Crippen molar-refractivity contribution in [1.82, 2.24) is 4.98 Å². The lowest BCUT2D eigenvalue weighted by Crippen LogP contribution is -2.38. The Morgan fingerprint density at radius 1 is 1.32 bits per heavy atom. The van der Waals surface area contributed by atoms with E-state index in [2.05, 4.69) is 10.3 Å². The first-order valence-corrected chi connectivity index (χ1v) is 6.87. The van der Waals surface area contributed by atoms with Crippen molar-refractivity contribution in [2.75, 3.05) is 5.32 Å². The van der Waals surface area contributed by atoms with Crippen LogP contribution in [0.3, 0.4) is 0 Å². The van der Waals surface area contributed by atoms with Gasteiger partial charge in [-0.3, -0.25) is 0 Å². The van der Waals surface area contributed by atoms with Gasteiger partial charge in [0.05, 0.1) is 17.6 Å². The zero-order chi connectivity index (χ0) is 14.8. The van der Waals surface area contributed by atoms with E-state index in [1.165, 1.54) is 12.3 Å². The summed E-state index contributed by atoms with van der Waals surface area (Å²) < 4.78 is 24.9. The van der Waals surface area contributed by atoms with Gasteiger partial charge in [-0.1, -0.05) is 6.07 Å². The van der Waals surface area contributed by atoms with E-state index in [-0.39, 0.29) is 11.7 Å². The summed E-state index contributed by atoms with van der Waals surface area (Å²) in [6.45, 7) is 0. The molecular formula is C16H9FN2O3. The fraction of sp³-hybridized carbons (Fsp3) is 0.125. The van der Waals surface area contributed by atoms with Crippen molar-refractivity contribution in [3.63, 3.8) is 0 Å². The second-order valence-electron chi connectivity index (χ2n) is 5.40. The molecule has 0 amide bonds. The molecule has 0 spiro atoms. The van der Waals surface area contributed by atoms with Crippen LogP contribution in [0.2, 0.25) is 0 Å². The number of halogens is 1. The summed E-state index contributed by atoms with van der Waals surface area (Å²) in [7, 11) is 0. The van der Waals surface area contributed by atoms with Crippen molar-refractivity contribution < 1.29 is 18.3 Å². The number of carbonyl (C=O) groups is 1. The minimum Gasteiger partial charge on any atom is -0.464 e. The molecule has 5 nitrogen and oxygen atoms in total. The highest BCUT2D eigenvalue weighted by Gasteiger charge is 2.46. The number of furan rings is 1. The molecule has 0 radical (unpaired) electrons. The van der Waals surface area contributed by atoms with E-state index < -0.39 is 12.0 Å². The largest absolute Gasteiger partial charge is 0.464 e. The minimum absolute atomic E-state index is 0.297. The van der Waals surface area contributed by atoms with Gasteiger partial charge in [-0.2, -0.15) is 0 Å². The lowest BCUT2D eigenvalue weighted by Gasteiger charge is -2.25. The Bertz CT molecular complexity index is 950. The summed E-state index contributed by atoms with van der Waals surface area (Å²) in [5.41, 5.74) is 2.59. The van der Waals surface area contributed by atoms with Crippen molar-refractivity contribution in [3.05, 3.63) is 53.7 Å². The van der Waals surface area contributed by atoms with Crippen LogP contribution in [0.4, 0.5) is 10.1 Å². The van der Waals surface area contributed by atoms with Crippen LogP contribution in [0.1, 0.15) is 17.0 Å². The number of ether oxygens (including phenoxy) is 1. The standard InChI is InChI=1S/C16H9FN2O3/c17-9-6-10-12(14-7(9)3-5-21-14)11-8-2-1-4-18-15(8)22-16(20)13(11)19-10/h1-6,11,13,19H. The maximum atomic E-state index is 14.1. The Kier molecular flexibility index (Phi) is 2.05. The maximum Gasteiger partial charge on any atom is 0.336 e. The van der Waals surface area contributed by atoms with Crippen LogP contribution in [-0.2, 0) is 4.79 Å². The van der Waals surface area contributed by atoms with Crippen LogP contribution in [0.5, 0.6) is 5.88 Å². The predicted molar refractivity (Wildman–Crippen MR) is 75.3 cm³/mol. The van der Waals surface area contributed by atoms with E-state index >= 15 is 0 Å². The Morgan fingerprint density at radius 3 is 3.14 bits per heavy atom. The van der Waals surface area contributed by atoms with Gasteiger partial charge in [-0.25, -0.2) is 14.2 Å². The van der Waals surface area contributed by atoms with Gasteiger partial charge in [-0.15, -0.1) is 0 Å². The van der Waals surface area contributed by atoms with Gasteiger partial charge in [0.15, 0.2) is 0 Å². The normalized spacial score (nSPS) is 21.8. The number of anilines is 1. The van der Waals surface area contributed by atoms with Gasteiger partial charge in [0.2, 0.25) is 5.88 Å². The summed E-state index contributed by atoms with van der Waals surface area (Å²) in [6.07, 6.45) is 3.02. The van der Waals surface area contributed by atoms with Crippen LogP contribution in [-0.4, -0.2) is 17.0 Å². The Labute approximate surface area is 123 Å². The fourth-order valence-corrected chi connectivity index (χ4v) is 3.37. The number of aromatic nitrogens is 1. The third kappa shape index (κ3) is 1.32. The monoisotopic (exact) mass is 296 g/mol. The van der Waals surface area contributed by atoms with Gasteiger partial charge in [-0.05, 0) is 18.2 Å². The number of esters is 1. The molecule has 22 heavy (non-hydrogen) atoms. The number of hydrogen-bond donors (Lipinski definition) is 1. The van der Waals surface area contributed by atoms with E-state index in [1.807, 2.05) is 6.07 Å². The minimum atomic E-state index is -0.596. The average Bonchev–Trinajstić information content (AvgIpc) is 3.11. The molecule has 5 rings (SSSR count). The quantitative estimate of drug-likeness (QED) is 0.646. The highest BCUT2D eigenvalue weighted by molar-refractivity contribution is 5.96. The van der Waals surface area contributed by atoms with E-state index in [0.29, 0.717) is 22.5 Å². The lowest BCUT2D eigenvalue weighted by atomic mass is 9.86. The molecule has 6 heteroatoms. The fourth-order valence-electron chi connectivity index (χ4n) is 3.37. The smallest absolute Gasteiger partial charge is 0.336 e. The summed E-state index contributed by atoms with van der Waals surface area (Å²) >= 11 is 0. The SMILES string of the molecule is O=C1Oc2ncccc2C2c3c(cc(F)c4ccoc34)NC12. The number of fused-ring (bicyclic) bond motifs is 7. The lowest BCUT2D eigenvalue weighted by molar-refractivity contribution is -0.136. The molecule has 0 fully saturated rings. The van der Waals surface area contributed by atoms with Gasteiger partial charge in [0.25, 0.3) is 0 Å². The number of rotatable bonds is 0. The van der Waals surface area contributed by atoms with E-state index in [4.69, 9.17) is 9.15 Å². The zero-order valence-corrected chi connectivity index (χ0v) is 11.2. The molecule has 2 aromatic heterocycles. The number of benzene rings is 1. The van der Waals surface area contributed by atoms with Crippen LogP contribution >= 0.6 is 0 Å². The van der Waals surface area contributed by atoms with E-state index in [1.54, 1.807) is 18.3 Å². The maximum absolute atomic E-state index is 14.1. The molecule has 0 aliphatic carbocycles. The van der Waals surface area contributed by atoms with E-state index in [9.17, 15) is 9.18 Å². The molecule has 0 bridgehead atoms. The number of carbonyl (C=O) groups excluding carboxylic acids is 1. The summed E-state index contributed by atoms with van der Waals surface area (Å²) in [4.78, 5) is 16.3. The predicted octanol–water partition coefficient (Wildman–Crippen LogP) is 2.81. The van der Waals surface area contributed by atoms with Crippen molar-refractivity contribution in [3.8, 4) is 5.88 Å². The molecule has 2 aliphatic heterocycles. The first-order chi connectivity index (χ1) is 10.7. The molecule has 0 saturated heterocycles. The molecular weight excluding hydrogens is 287 g/mol. The Balaban J connectivity index is 1.85. The molecule has 4 heterocycles. The molecule has 2 aliphatic rings. The molecule has 2 atom stereocenters. The molecule has 108 valence electrons. The van der Waals surface area contributed by atoms with E-state index in [0.717, 1.165) is 11.1 Å².